The van der Waals surface area contributed by atoms with E-state index in [0.29, 0.717) is 31.1 Å². The summed E-state index contributed by atoms with van der Waals surface area (Å²) in [6.45, 7) is 3.48. The molecule has 2 atom stereocenters. The van der Waals surface area contributed by atoms with Crippen LogP contribution in [0.4, 0.5) is 11.5 Å². The first-order valence-electron chi connectivity index (χ1n) is 14.0. The molecule has 0 bridgehead atoms. The van der Waals surface area contributed by atoms with E-state index in [9.17, 15) is 9.59 Å². The molecule has 7 heteroatoms. The number of piperidine rings is 1. The number of ether oxygens (including phenoxy) is 1. The Morgan fingerprint density at radius 2 is 1.95 bits per heavy atom. The average molecular weight is 505 g/mol. The smallest absolute Gasteiger partial charge is 0.305 e. The van der Waals surface area contributed by atoms with Crippen LogP contribution in [0.15, 0.2) is 36.4 Å². The van der Waals surface area contributed by atoms with Gasteiger partial charge in [0, 0.05) is 50.4 Å². The number of fused-ring (bicyclic) bond motifs is 2. The van der Waals surface area contributed by atoms with Gasteiger partial charge in [-0.3, -0.25) is 9.59 Å². The van der Waals surface area contributed by atoms with Crippen LogP contribution in [0.2, 0.25) is 0 Å². The number of carbonyl (C=O) groups is 2. The Bertz CT molecular complexity index is 1100. The largest absolute Gasteiger partial charge is 0.469 e. The van der Waals surface area contributed by atoms with Crippen LogP contribution in [0.3, 0.4) is 0 Å². The van der Waals surface area contributed by atoms with E-state index in [1.807, 2.05) is 4.90 Å². The number of anilines is 2. The van der Waals surface area contributed by atoms with Gasteiger partial charge < -0.3 is 20.3 Å². The Labute approximate surface area is 220 Å². The molecule has 4 heterocycles. The van der Waals surface area contributed by atoms with Crippen LogP contribution in [0.1, 0.15) is 55.3 Å². The molecular weight excluding hydrogens is 464 g/mol. The van der Waals surface area contributed by atoms with E-state index in [2.05, 4.69) is 47.0 Å². The molecule has 37 heavy (non-hydrogen) atoms. The lowest BCUT2D eigenvalue weighted by Crippen LogP contribution is -2.40. The van der Waals surface area contributed by atoms with Crippen molar-refractivity contribution in [3.8, 4) is 0 Å². The number of nitrogens with zero attached hydrogens (tertiary/aromatic N) is 2. The third kappa shape index (κ3) is 6.43. The Morgan fingerprint density at radius 1 is 1.11 bits per heavy atom. The van der Waals surface area contributed by atoms with E-state index in [1.165, 1.54) is 23.9 Å². The Kier molecular flexibility index (Phi) is 8.27. The molecule has 1 fully saturated rings. The standard InChI is InChI=1S/C30H40N4O3/c1-37-29(36)19-24(25-18-23-5-2-3-7-27(23)32-20-25)17-21-12-15-34(16-13-21)28(35)11-10-26-9-8-22-6-4-14-31-30(22)33-26/h2-3,5,7-9,21,24-25,32H,4,6,10-20H2,1H3,(H,31,33)/t24-,25-/m1/s1. The summed E-state index contributed by atoms with van der Waals surface area (Å²) in [6, 6.07) is 12.7. The van der Waals surface area contributed by atoms with E-state index < -0.39 is 0 Å². The van der Waals surface area contributed by atoms with Gasteiger partial charge in [-0.25, -0.2) is 4.98 Å². The highest BCUT2D eigenvalue weighted by molar-refractivity contribution is 5.76. The van der Waals surface area contributed by atoms with Crippen LogP contribution in [-0.4, -0.2) is 55.0 Å². The number of benzene rings is 1. The Balaban J connectivity index is 1.12. The van der Waals surface area contributed by atoms with Crippen molar-refractivity contribution in [1.29, 1.82) is 0 Å². The number of nitrogens with one attached hydrogen (secondary N) is 2. The molecule has 3 aliphatic heterocycles. The van der Waals surface area contributed by atoms with Crippen molar-refractivity contribution in [3.63, 3.8) is 0 Å². The van der Waals surface area contributed by atoms with E-state index in [-0.39, 0.29) is 17.8 Å². The fourth-order valence-electron chi connectivity index (χ4n) is 6.29. The number of rotatable bonds is 8. The molecule has 1 amide bonds. The highest BCUT2D eigenvalue weighted by Gasteiger charge is 2.32. The zero-order valence-corrected chi connectivity index (χ0v) is 22.0. The number of pyridine rings is 1. The molecule has 2 N–H and O–H groups in total. The first-order valence-corrected chi connectivity index (χ1v) is 14.0. The van der Waals surface area contributed by atoms with Gasteiger partial charge in [0.1, 0.15) is 5.82 Å². The molecule has 0 aliphatic carbocycles. The van der Waals surface area contributed by atoms with Gasteiger partial charge in [-0.05, 0) is 86.0 Å². The minimum Gasteiger partial charge on any atom is -0.469 e. The van der Waals surface area contributed by atoms with Crippen molar-refractivity contribution in [2.24, 2.45) is 17.8 Å². The number of amides is 1. The third-order valence-electron chi connectivity index (χ3n) is 8.53. The SMILES string of the molecule is COC(=O)C[C@@H](CC1CCN(C(=O)CCc2ccc3c(n2)NCCC3)CC1)[C@H]1CNc2ccccc2C1. The molecule has 0 spiro atoms. The minimum atomic E-state index is -0.123. The summed E-state index contributed by atoms with van der Waals surface area (Å²) in [4.78, 5) is 32.0. The number of hydrogen-bond acceptors (Lipinski definition) is 6. The van der Waals surface area contributed by atoms with Gasteiger partial charge in [0.05, 0.1) is 7.11 Å². The van der Waals surface area contributed by atoms with Gasteiger partial charge in [-0.2, -0.15) is 0 Å². The van der Waals surface area contributed by atoms with Gasteiger partial charge in [-0.15, -0.1) is 0 Å². The quantitative estimate of drug-likeness (QED) is 0.517. The highest BCUT2D eigenvalue weighted by Crippen LogP contribution is 2.36. The number of likely N-dealkylation sites (tertiary alicyclic amines) is 1. The molecule has 198 valence electrons. The molecule has 1 saturated heterocycles. The molecule has 3 aliphatic rings. The second kappa shape index (κ2) is 12.0. The molecule has 0 saturated carbocycles. The predicted octanol–water partition coefficient (Wildman–Crippen LogP) is 4.46. The van der Waals surface area contributed by atoms with Crippen molar-refractivity contribution < 1.29 is 14.3 Å². The number of aryl methyl sites for hydroxylation is 2. The first-order chi connectivity index (χ1) is 18.1. The normalized spacial score (nSPS) is 20.1. The van der Waals surface area contributed by atoms with Crippen LogP contribution in [-0.2, 0) is 33.6 Å². The molecule has 7 nitrogen and oxygen atoms in total. The van der Waals surface area contributed by atoms with Crippen LogP contribution in [0, 0.1) is 17.8 Å². The second-order valence-corrected chi connectivity index (χ2v) is 10.9. The van der Waals surface area contributed by atoms with Crippen LogP contribution in [0.5, 0.6) is 0 Å². The fraction of sp³-hybridized carbons (Fsp3) is 0.567. The molecule has 0 unspecified atom stereocenters. The lowest BCUT2D eigenvalue weighted by Gasteiger charge is -2.37. The summed E-state index contributed by atoms with van der Waals surface area (Å²) in [6.07, 6.45) is 7.90. The van der Waals surface area contributed by atoms with Crippen molar-refractivity contribution >= 4 is 23.4 Å². The number of methoxy groups -OCH3 is 1. The lowest BCUT2D eigenvalue weighted by molar-refractivity contribution is -0.142. The lowest BCUT2D eigenvalue weighted by atomic mass is 9.75. The number of carbonyl (C=O) groups excluding carboxylic acids is 2. The highest BCUT2D eigenvalue weighted by atomic mass is 16.5. The van der Waals surface area contributed by atoms with Crippen LogP contribution in [0.25, 0.3) is 0 Å². The molecule has 1 aromatic heterocycles. The second-order valence-electron chi connectivity index (χ2n) is 10.9. The predicted molar refractivity (Wildman–Crippen MR) is 146 cm³/mol. The Morgan fingerprint density at radius 3 is 2.78 bits per heavy atom. The van der Waals surface area contributed by atoms with Gasteiger partial charge in [0.15, 0.2) is 0 Å². The number of hydrogen-bond donors (Lipinski definition) is 2. The van der Waals surface area contributed by atoms with Gasteiger partial charge >= 0.3 is 5.97 Å². The van der Waals surface area contributed by atoms with Gasteiger partial charge in [0.25, 0.3) is 0 Å². The monoisotopic (exact) mass is 504 g/mol. The summed E-state index contributed by atoms with van der Waals surface area (Å²) in [5, 5.41) is 6.95. The molecular formula is C30H40N4O3. The summed E-state index contributed by atoms with van der Waals surface area (Å²) >= 11 is 0. The molecule has 2 aromatic rings. The van der Waals surface area contributed by atoms with E-state index >= 15 is 0 Å². The number of esters is 1. The molecule has 1 aromatic carbocycles. The van der Waals surface area contributed by atoms with Crippen LogP contribution >= 0.6 is 0 Å². The van der Waals surface area contributed by atoms with Crippen molar-refractivity contribution in [2.45, 2.75) is 57.8 Å². The fourth-order valence-corrected chi connectivity index (χ4v) is 6.29. The van der Waals surface area contributed by atoms with E-state index in [4.69, 9.17) is 9.72 Å². The maximum atomic E-state index is 13.0. The topological polar surface area (TPSA) is 83.6 Å². The van der Waals surface area contributed by atoms with E-state index in [0.717, 1.165) is 76.2 Å². The van der Waals surface area contributed by atoms with Gasteiger partial charge in [0.2, 0.25) is 5.91 Å². The van der Waals surface area contributed by atoms with Crippen molar-refractivity contribution in [2.75, 3.05) is 43.9 Å². The summed E-state index contributed by atoms with van der Waals surface area (Å²) in [5.74, 6) is 2.32. The zero-order chi connectivity index (χ0) is 25.6. The van der Waals surface area contributed by atoms with Crippen molar-refractivity contribution in [1.82, 2.24) is 9.88 Å². The third-order valence-corrected chi connectivity index (χ3v) is 8.53. The molecule has 5 rings (SSSR count). The Hall–Kier alpha value is -3.09. The summed E-state index contributed by atoms with van der Waals surface area (Å²) in [5.41, 5.74) is 4.81. The minimum absolute atomic E-state index is 0.123. The number of aromatic nitrogens is 1. The first kappa shape index (κ1) is 25.6. The maximum Gasteiger partial charge on any atom is 0.305 e. The van der Waals surface area contributed by atoms with Crippen molar-refractivity contribution in [3.05, 3.63) is 53.2 Å². The zero-order valence-electron chi connectivity index (χ0n) is 22.0. The van der Waals surface area contributed by atoms with Gasteiger partial charge in [-0.1, -0.05) is 24.3 Å². The summed E-state index contributed by atoms with van der Waals surface area (Å²) in [7, 11) is 1.48. The summed E-state index contributed by atoms with van der Waals surface area (Å²) < 4.78 is 5.05. The maximum absolute atomic E-state index is 13.0. The van der Waals surface area contributed by atoms with E-state index in [1.54, 1.807) is 0 Å². The average Bonchev–Trinajstić information content (AvgIpc) is 2.95. The number of para-hydroxylation sites is 1. The molecule has 0 radical (unpaired) electrons. The van der Waals surface area contributed by atoms with Crippen LogP contribution < -0.4 is 10.6 Å².